The first-order chi connectivity index (χ1) is 11.2. The number of nitrogens with zero attached hydrogens (tertiary/aromatic N) is 1. The molecule has 0 heterocycles. The third-order valence-corrected chi connectivity index (χ3v) is 4.87. The minimum Gasteiger partial charge on any atom is -0.323 e. The Kier molecular flexibility index (Phi) is 5.46. The van der Waals surface area contributed by atoms with Crippen molar-refractivity contribution < 1.29 is 17.6 Å². The lowest BCUT2D eigenvalue weighted by Gasteiger charge is -2.28. The van der Waals surface area contributed by atoms with Gasteiger partial charge in [0.2, 0.25) is 15.9 Å². The zero-order chi connectivity index (χ0) is 17.9. The number of sulfonamides is 1. The number of hydrogen-bond acceptors (Lipinski definition) is 3. The van der Waals surface area contributed by atoms with E-state index < -0.39 is 27.8 Å². The second kappa shape index (κ2) is 7.19. The number of carbonyl (C=O) groups is 1. The van der Waals surface area contributed by atoms with E-state index in [1.54, 1.807) is 24.3 Å². The van der Waals surface area contributed by atoms with Crippen LogP contribution in [-0.2, 0) is 14.8 Å². The van der Waals surface area contributed by atoms with Gasteiger partial charge in [-0.25, -0.2) is 12.8 Å². The van der Waals surface area contributed by atoms with Crippen LogP contribution in [0.5, 0.6) is 0 Å². The monoisotopic (exact) mass is 370 g/mol. The van der Waals surface area contributed by atoms with E-state index >= 15 is 0 Å². The Bertz CT molecular complexity index is 858. The van der Waals surface area contributed by atoms with Gasteiger partial charge < -0.3 is 5.32 Å². The van der Waals surface area contributed by atoms with Crippen LogP contribution in [0.3, 0.4) is 0 Å². The molecule has 2 aromatic rings. The smallest absolute Gasteiger partial charge is 0.248 e. The van der Waals surface area contributed by atoms with Crippen molar-refractivity contribution in [1.29, 1.82) is 0 Å². The number of nitrogens with one attached hydrogen (secondary N) is 1. The third kappa shape index (κ3) is 4.04. The van der Waals surface area contributed by atoms with Gasteiger partial charge in [-0.05, 0) is 31.2 Å². The van der Waals surface area contributed by atoms with Crippen LogP contribution in [0.15, 0.2) is 48.5 Å². The molecule has 2 aromatic carbocycles. The number of carbonyl (C=O) groups excluding carboxylic acids is 1. The molecule has 5 nitrogen and oxygen atoms in total. The highest BCUT2D eigenvalue weighted by Gasteiger charge is 2.31. The van der Waals surface area contributed by atoms with Crippen molar-refractivity contribution in [2.24, 2.45) is 0 Å². The van der Waals surface area contributed by atoms with Crippen molar-refractivity contribution in [1.82, 2.24) is 0 Å². The quantitative estimate of drug-likeness (QED) is 0.878. The summed E-state index contributed by atoms with van der Waals surface area (Å²) in [7, 11) is -3.89. The number of para-hydroxylation sites is 2. The minimum absolute atomic E-state index is 0.193. The second-order valence-corrected chi connectivity index (χ2v) is 7.42. The summed E-state index contributed by atoms with van der Waals surface area (Å²) in [6, 6.07) is 10.7. The molecule has 1 amide bonds. The topological polar surface area (TPSA) is 66.5 Å². The number of hydrogen-bond donors (Lipinski definition) is 1. The molecule has 0 aliphatic carbocycles. The van der Waals surface area contributed by atoms with Gasteiger partial charge in [-0.3, -0.25) is 9.10 Å². The lowest BCUT2D eigenvalue weighted by Crippen LogP contribution is -2.45. The molecule has 0 radical (unpaired) electrons. The minimum atomic E-state index is -3.89. The molecule has 24 heavy (non-hydrogen) atoms. The highest BCUT2D eigenvalue weighted by atomic mass is 35.5. The molecule has 2 rings (SSSR count). The Morgan fingerprint density at radius 1 is 1.17 bits per heavy atom. The van der Waals surface area contributed by atoms with Crippen molar-refractivity contribution >= 4 is 38.9 Å². The van der Waals surface area contributed by atoms with E-state index in [0.29, 0.717) is 10.7 Å². The zero-order valence-corrected chi connectivity index (χ0v) is 14.6. The van der Waals surface area contributed by atoms with Gasteiger partial charge in [-0.2, -0.15) is 0 Å². The largest absolute Gasteiger partial charge is 0.323 e. The fourth-order valence-electron chi connectivity index (χ4n) is 2.21. The van der Waals surface area contributed by atoms with Gasteiger partial charge in [0, 0.05) is 0 Å². The van der Waals surface area contributed by atoms with E-state index in [4.69, 9.17) is 11.6 Å². The molecule has 1 unspecified atom stereocenters. The number of anilines is 2. The Morgan fingerprint density at radius 3 is 2.33 bits per heavy atom. The predicted molar refractivity (Wildman–Crippen MR) is 93.3 cm³/mol. The standard InChI is InChI=1S/C16H16ClFN2O3S/c1-11(16(21)19-14-9-5-3-7-12(14)17)20(24(2,22)23)15-10-6-4-8-13(15)18/h3-11H,1-2H3,(H,19,21). The molecule has 0 aromatic heterocycles. The Labute approximate surface area is 145 Å². The van der Waals surface area contributed by atoms with E-state index in [1.807, 2.05) is 0 Å². The molecule has 1 N–H and O–H groups in total. The first-order valence-corrected chi connectivity index (χ1v) is 9.24. The van der Waals surface area contributed by atoms with Crippen LogP contribution in [0, 0.1) is 5.82 Å². The van der Waals surface area contributed by atoms with E-state index in [2.05, 4.69) is 5.32 Å². The van der Waals surface area contributed by atoms with Crippen molar-refractivity contribution in [3.8, 4) is 0 Å². The van der Waals surface area contributed by atoms with Gasteiger partial charge >= 0.3 is 0 Å². The van der Waals surface area contributed by atoms with Crippen molar-refractivity contribution in [3.05, 3.63) is 59.4 Å². The molecule has 128 valence electrons. The van der Waals surface area contributed by atoms with Crippen LogP contribution in [0.2, 0.25) is 5.02 Å². The second-order valence-electron chi connectivity index (χ2n) is 5.16. The summed E-state index contributed by atoms with van der Waals surface area (Å²) in [4.78, 5) is 12.4. The summed E-state index contributed by atoms with van der Waals surface area (Å²) in [6.45, 7) is 1.37. The van der Waals surface area contributed by atoms with E-state index in [0.717, 1.165) is 16.6 Å². The van der Waals surface area contributed by atoms with Crippen LogP contribution in [-0.4, -0.2) is 26.6 Å². The van der Waals surface area contributed by atoms with Crippen LogP contribution in [0.25, 0.3) is 0 Å². The first-order valence-electron chi connectivity index (χ1n) is 7.01. The van der Waals surface area contributed by atoms with Crippen LogP contribution >= 0.6 is 11.6 Å². The average Bonchev–Trinajstić information content (AvgIpc) is 2.50. The maximum absolute atomic E-state index is 14.0. The lowest BCUT2D eigenvalue weighted by molar-refractivity contribution is -0.116. The molecule has 8 heteroatoms. The summed E-state index contributed by atoms with van der Waals surface area (Å²) in [5, 5.41) is 2.87. The number of benzene rings is 2. The molecule has 0 aliphatic heterocycles. The van der Waals surface area contributed by atoms with Crippen LogP contribution in [0.1, 0.15) is 6.92 Å². The summed E-state index contributed by atoms with van der Waals surface area (Å²) < 4.78 is 39.0. The van der Waals surface area contributed by atoms with Gasteiger partial charge in [0.15, 0.2) is 0 Å². The number of rotatable bonds is 5. The summed E-state index contributed by atoms with van der Waals surface area (Å²) in [5.74, 6) is -1.36. The maximum atomic E-state index is 14.0. The molecule has 0 fully saturated rings. The Hall–Kier alpha value is -2.12. The predicted octanol–water partition coefficient (Wildman–Crippen LogP) is 3.27. The number of amides is 1. The fourth-order valence-corrected chi connectivity index (χ4v) is 3.57. The van der Waals surface area contributed by atoms with Gasteiger partial charge in [-0.1, -0.05) is 35.9 Å². The maximum Gasteiger partial charge on any atom is 0.248 e. The number of halogens is 2. The van der Waals surface area contributed by atoms with Crippen molar-refractivity contribution in [2.45, 2.75) is 13.0 Å². The average molecular weight is 371 g/mol. The Morgan fingerprint density at radius 2 is 1.75 bits per heavy atom. The van der Waals surface area contributed by atoms with Gasteiger partial charge in [0.1, 0.15) is 11.9 Å². The molecule has 0 saturated heterocycles. The summed E-state index contributed by atoms with van der Waals surface area (Å²) >= 11 is 5.98. The lowest BCUT2D eigenvalue weighted by atomic mass is 10.2. The summed E-state index contributed by atoms with van der Waals surface area (Å²) in [5.41, 5.74) is 0.153. The molecule has 0 bridgehead atoms. The molecule has 0 aliphatic rings. The zero-order valence-electron chi connectivity index (χ0n) is 13.0. The summed E-state index contributed by atoms with van der Waals surface area (Å²) in [6.07, 6.45) is 0.915. The van der Waals surface area contributed by atoms with Gasteiger partial charge in [0.25, 0.3) is 0 Å². The van der Waals surface area contributed by atoms with E-state index in [9.17, 15) is 17.6 Å². The fraction of sp³-hybridized carbons (Fsp3) is 0.188. The first kappa shape index (κ1) is 18.2. The van der Waals surface area contributed by atoms with Gasteiger partial charge in [0.05, 0.1) is 22.7 Å². The highest BCUT2D eigenvalue weighted by Crippen LogP contribution is 2.26. The van der Waals surface area contributed by atoms with Crippen molar-refractivity contribution in [3.63, 3.8) is 0 Å². The van der Waals surface area contributed by atoms with Crippen molar-refractivity contribution in [2.75, 3.05) is 15.9 Å². The molecular formula is C16H16ClFN2O3S. The molecule has 1 atom stereocenters. The SMILES string of the molecule is CC(C(=O)Nc1ccccc1Cl)N(c1ccccc1F)S(C)(=O)=O. The molecule has 0 saturated carbocycles. The molecule has 0 spiro atoms. The normalized spacial score (nSPS) is 12.5. The van der Waals surface area contributed by atoms with E-state index in [1.165, 1.54) is 25.1 Å². The van der Waals surface area contributed by atoms with Crippen LogP contribution in [0.4, 0.5) is 15.8 Å². The Balaban J connectivity index is 2.36. The van der Waals surface area contributed by atoms with E-state index in [-0.39, 0.29) is 5.69 Å². The van der Waals surface area contributed by atoms with Crippen LogP contribution < -0.4 is 9.62 Å². The third-order valence-electron chi connectivity index (χ3n) is 3.31. The highest BCUT2D eigenvalue weighted by molar-refractivity contribution is 7.92. The van der Waals surface area contributed by atoms with Gasteiger partial charge in [-0.15, -0.1) is 0 Å². The molecular weight excluding hydrogens is 355 g/mol.